The quantitative estimate of drug-likeness (QED) is 0.864. The van der Waals surface area contributed by atoms with Crippen molar-refractivity contribution in [3.8, 4) is 5.75 Å². The summed E-state index contributed by atoms with van der Waals surface area (Å²) in [6.07, 6.45) is 0.372. The number of carbonyl (C=O) groups excluding carboxylic acids is 1. The van der Waals surface area contributed by atoms with Gasteiger partial charge in [0.05, 0.1) is 24.2 Å². The molecule has 1 aliphatic rings. The zero-order chi connectivity index (χ0) is 16.3. The Balaban J connectivity index is 2.18. The predicted molar refractivity (Wildman–Crippen MR) is 80.0 cm³/mol. The summed E-state index contributed by atoms with van der Waals surface area (Å²) in [4.78, 5) is 23.7. The van der Waals surface area contributed by atoms with E-state index in [1.807, 2.05) is 0 Å². The van der Waals surface area contributed by atoms with E-state index in [-0.39, 0.29) is 23.0 Å². The van der Waals surface area contributed by atoms with Crippen LogP contribution >= 0.6 is 11.6 Å². The summed E-state index contributed by atoms with van der Waals surface area (Å²) in [5.74, 6) is -1.38. The second-order valence-corrected chi connectivity index (χ2v) is 5.55. The standard InChI is InChI=1S/C15H18ClNO5/c1-8-10(5-6-22-8)14(18)17-13(15(19)20)9-3-4-12(21-2)11(16)7-9/h3-4,7-8,10,13H,5-6H2,1-2H3,(H,17,18)(H,19,20). The number of aliphatic carboxylic acids is 1. The van der Waals surface area contributed by atoms with Gasteiger partial charge in [-0.05, 0) is 31.0 Å². The number of amides is 1. The molecule has 3 unspecified atom stereocenters. The summed E-state index contributed by atoms with van der Waals surface area (Å²) in [7, 11) is 1.47. The topological polar surface area (TPSA) is 84.9 Å². The van der Waals surface area contributed by atoms with Crippen molar-refractivity contribution in [2.45, 2.75) is 25.5 Å². The Hall–Kier alpha value is -1.79. The number of carbonyl (C=O) groups is 2. The highest BCUT2D eigenvalue weighted by Gasteiger charge is 2.33. The van der Waals surface area contributed by atoms with Crippen LogP contribution in [0.2, 0.25) is 5.02 Å². The van der Waals surface area contributed by atoms with Crippen molar-refractivity contribution in [1.82, 2.24) is 5.32 Å². The van der Waals surface area contributed by atoms with E-state index in [0.717, 1.165) is 0 Å². The lowest BCUT2D eigenvalue weighted by atomic mass is 10.00. The molecule has 0 aliphatic carbocycles. The van der Waals surface area contributed by atoms with Crippen LogP contribution in [0.4, 0.5) is 0 Å². The Morgan fingerprint density at radius 2 is 2.23 bits per heavy atom. The van der Waals surface area contributed by atoms with E-state index in [2.05, 4.69) is 5.32 Å². The monoisotopic (exact) mass is 327 g/mol. The SMILES string of the molecule is COc1ccc(C(NC(=O)C2CCOC2C)C(=O)O)cc1Cl. The number of methoxy groups -OCH3 is 1. The van der Waals surface area contributed by atoms with Crippen LogP contribution in [0.1, 0.15) is 24.9 Å². The molecule has 1 fully saturated rings. The molecule has 2 rings (SSSR count). The third-order valence-corrected chi connectivity index (χ3v) is 4.05. The van der Waals surface area contributed by atoms with Crippen LogP contribution in [-0.2, 0) is 14.3 Å². The fraction of sp³-hybridized carbons (Fsp3) is 0.467. The number of halogens is 1. The Morgan fingerprint density at radius 1 is 1.50 bits per heavy atom. The molecule has 1 aromatic rings. The first-order valence-corrected chi connectivity index (χ1v) is 7.30. The van der Waals surface area contributed by atoms with Crippen molar-refractivity contribution in [1.29, 1.82) is 0 Å². The highest BCUT2D eigenvalue weighted by molar-refractivity contribution is 6.32. The van der Waals surface area contributed by atoms with Gasteiger partial charge in [0.1, 0.15) is 5.75 Å². The first-order chi connectivity index (χ1) is 10.4. The number of rotatable bonds is 5. The number of benzene rings is 1. The van der Waals surface area contributed by atoms with Crippen LogP contribution in [0.15, 0.2) is 18.2 Å². The summed E-state index contributed by atoms with van der Waals surface area (Å²) in [6, 6.07) is 3.46. The van der Waals surface area contributed by atoms with Gasteiger partial charge in [0, 0.05) is 6.61 Å². The van der Waals surface area contributed by atoms with E-state index >= 15 is 0 Å². The average molecular weight is 328 g/mol. The molecule has 1 aromatic carbocycles. The minimum absolute atomic E-state index is 0.214. The molecule has 0 saturated carbocycles. The molecule has 1 heterocycles. The van der Waals surface area contributed by atoms with Crippen molar-refractivity contribution in [3.05, 3.63) is 28.8 Å². The summed E-state index contributed by atoms with van der Waals surface area (Å²) < 4.78 is 10.4. The lowest BCUT2D eigenvalue weighted by Gasteiger charge is -2.19. The summed E-state index contributed by atoms with van der Waals surface area (Å²) in [5, 5.41) is 12.2. The lowest BCUT2D eigenvalue weighted by Crippen LogP contribution is -2.39. The number of hydrogen-bond acceptors (Lipinski definition) is 4. The maximum Gasteiger partial charge on any atom is 0.330 e. The smallest absolute Gasteiger partial charge is 0.330 e. The average Bonchev–Trinajstić information content (AvgIpc) is 2.90. The number of ether oxygens (including phenoxy) is 2. The molecule has 1 saturated heterocycles. The Labute approximate surface area is 133 Å². The third kappa shape index (κ3) is 3.51. The van der Waals surface area contributed by atoms with Gasteiger partial charge >= 0.3 is 5.97 Å². The summed E-state index contributed by atoms with van der Waals surface area (Å²) in [6.45, 7) is 2.31. The van der Waals surface area contributed by atoms with E-state index in [4.69, 9.17) is 21.1 Å². The zero-order valence-corrected chi connectivity index (χ0v) is 13.1. The number of carboxylic acid groups (broad SMARTS) is 1. The molecule has 2 N–H and O–H groups in total. The van der Waals surface area contributed by atoms with Crippen LogP contribution in [0.3, 0.4) is 0 Å². The fourth-order valence-electron chi connectivity index (χ4n) is 2.48. The second-order valence-electron chi connectivity index (χ2n) is 5.14. The molecule has 22 heavy (non-hydrogen) atoms. The van der Waals surface area contributed by atoms with Crippen LogP contribution < -0.4 is 10.1 Å². The first kappa shape index (κ1) is 16.6. The van der Waals surface area contributed by atoms with E-state index in [9.17, 15) is 14.7 Å². The van der Waals surface area contributed by atoms with Gasteiger partial charge in [-0.25, -0.2) is 4.79 Å². The van der Waals surface area contributed by atoms with E-state index < -0.39 is 12.0 Å². The van der Waals surface area contributed by atoms with Crippen molar-refractivity contribution in [2.24, 2.45) is 5.92 Å². The third-order valence-electron chi connectivity index (χ3n) is 3.76. The van der Waals surface area contributed by atoms with Gasteiger partial charge in [-0.3, -0.25) is 4.79 Å². The number of nitrogens with one attached hydrogen (secondary N) is 1. The van der Waals surface area contributed by atoms with Crippen LogP contribution in [0.25, 0.3) is 0 Å². The predicted octanol–water partition coefficient (Wildman–Crippen LogP) is 2.02. The summed E-state index contributed by atoms with van der Waals surface area (Å²) in [5.41, 5.74) is 0.387. The van der Waals surface area contributed by atoms with Gasteiger partial charge in [0.2, 0.25) is 5.91 Å². The van der Waals surface area contributed by atoms with Gasteiger partial charge in [-0.2, -0.15) is 0 Å². The second kappa shape index (κ2) is 6.98. The molecule has 0 bridgehead atoms. The van der Waals surface area contributed by atoms with Gasteiger partial charge in [-0.1, -0.05) is 17.7 Å². The molecule has 7 heteroatoms. The zero-order valence-electron chi connectivity index (χ0n) is 12.3. The Kier molecular flexibility index (Phi) is 5.26. The van der Waals surface area contributed by atoms with E-state index in [1.165, 1.54) is 13.2 Å². The minimum atomic E-state index is -1.16. The molecule has 120 valence electrons. The normalized spacial score (nSPS) is 22.1. The first-order valence-electron chi connectivity index (χ1n) is 6.92. The number of hydrogen-bond donors (Lipinski definition) is 2. The van der Waals surface area contributed by atoms with Crippen LogP contribution in [0, 0.1) is 5.92 Å². The lowest BCUT2D eigenvalue weighted by molar-refractivity contribution is -0.143. The number of carboxylic acids is 1. The van der Waals surface area contributed by atoms with E-state index in [0.29, 0.717) is 24.3 Å². The largest absolute Gasteiger partial charge is 0.495 e. The fourth-order valence-corrected chi connectivity index (χ4v) is 2.74. The molecule has 0 radical (unpaired) electrons. The van der Waals surface area contributed by atoms with Crippen molar-refractivity contribution in [2.75, 3.05) is 13.7 Å². The molecule has 0 spiro atoms. The van der Waals surface area contributed by atoms with Gasteiger partial charge in [0.15, 0.2) is 6.04 Å². The molecule has 1 amide bonds. The molecule has 0 aromatic heterocycles. The van der Waals surface area contributed by atoms with Gasteiger partial charge in [-0.15, -0.1) is 0 Å². The van der Waals surface area contributed by atoms with Crippen molar-refractivity contribution in [3.63, 3.8) is 0 Å². The maximum absolute atomic E-state index is 12.2. The Morgan fingerprint density at radius 3 is 2.73 bits per heavy atom. The van der Waals surface area contributed by atoms with Crippen LogP contribution in [-0.4, -0.2) is 36.8 Å². The summed E-state index contributed by atoms with van der Waals surface area (Å²) >= 11 is 6.01. The van der Waals surface area contributed by atoms with Gasteiger partial charge < -0.3 is 19.9 Å². The molecule has 1 aliphatic heterocycles. The molecular weight excluding hydrogens is 310 g/mol. The Bertz CT molecular complexity index is 577. The molecule has 6 nitrogen and oxygen atoms in total. The van der Waals surface area contributed by atoms with E-state index in [1.54, 1.807) is 19.1 Å². The van der Waals surface area contributed by atoms with Crippen LogP contribution in [0.5, 0.6) is 5.75 Å². The minimum Gasteiger partial charge on any atom is -0.495 e. The molecular formula is C15H18ClNO5. The van der Waals surface area contributed by atoms with Crippen molar-refractivity contribution < 1.29 is 24.2 Å². The van der Waals surface area contributed by atoms with Crippen molar-refractivity contribution >= 4 is 23.5 Å². The van der Waals surface area contributed by atoms with Gasteiger partial charge in [0.25, 0.3) is 0 Å². The maximum atomic E-state index is 12.2. The highest BCUT2D eigenvalue weighted by atomic mass is 35.5. The molecule has 3 atom stereocenters. The highest BCUT2D eigenvalue weighted by Crippen LogP contribution is 2.28.